The molecule has 1 rings (SSSR count). The lowest BCUT2D eigenvalue weighted by Gasteiger charge is -2.11. The van der Waals surface area contributed by atoms with Gasteiger partial charge in [-0.3, -0.25) is 4.79 Å². The molecular formula is C13H18ClNO2. The van der Waals surface area contributed by atoms with E-state index in [4.69, 9.17) is 16.3 Å². The molecule has 1 amide bonds. The van der Waals surface area contributed by atoms with Gasteiger partial charge >= 0.3 is 0 Å². The molecule has 0 radical (unpaired) electrons. The molecule has 1 N–H and O–H groups in total. The van der Waals surface area contributed by atoms with Gasteiger partial charge in [0.2, 0.25) is 5.91 Å². The molecule has 0 aliphatic heterocycles. The van der Waals surface area contributed by atoms with Gasteiger partial charge in [-0.1, -0.05) is 18.5 Å². The van der Waals surface area contributed by atoms with Crippen molar-refractivity contribution in [3.8, 4) is 5.75 Å². The number of halogens is 1. The van der Waals surface area contributed by atoms with E-state index in [1.807, 2.05) is 26.0 Å². The molecule has 0 spiro atoms. The van der Waals surface area contributed by atoms with Gasteiger partial charge in [-0.2, -0.15) is 0 Å². The lowest BCUT2D eigenvalue weighted by atomic mass is 10.1. The number of ether oxygens (including phenoxy) is 1. The van der Waals surface area contributed by atoms with Crippen molar-refractivity contribution in [2.75, 3.05) is 7.11 Å². The second-order valence-electron chi connectivity index (χ2n) is 3.94. The maximum absolute atomic E-state index is 11.4. The second-order valence-corrected chi connectivity index (χ2v) is 4.35. The molecule has 3 nitrogen and oxygen atoms in total. The number of amides is 1. The van der Waals surface area contributed by atoms with Gasteiger partial charge in [0.1, 0.15) is 5.75 Å². The summed E-state index contributed by atoms with van der Waals surface area (Å²) in [5.74, 6) is 0.728. The van der Waals surface area contributed by atoms with Crippen molar-refractivity contribution >= 4 is 17.5 Å². The van der Waals surface area contributed by atoms with Crippen LogP contribution in [0.15, 0.2) is 12.1 Å². The first-order valence-electron chi connectivity index (χ1n) is 5.68. The summed E-state index contributed by atoms with van der Waals surface area (Å²) in [4.78, 5) is 11.4. The molecule has 0 heterocycles. The highest BCUT2D eigenvalue weighted by Gasteiger charge is 2.07. The third kappa shape index (κ3) is 3.93. The Kier molecular flexibility index (Phi) is 5.29. The molecule has 0 aliphatic carbocycles. The van der Waals surface area contributed by atoms with Crippen LogP contribution >= 0.6 is 11.6 Å². The van der Waals surface area contributed by atoms with Crippen molar-refractivity contribution in [1.29, 1.82) is 0 Å². The maximum atomic E-state index is 11.4. The predicted molar refractivity (Wildman–Crippen MR) is 69.5 cm³/mol. The van der Waals surface area contributed by atoms with E-state index in [1.54, 1.807) is 7.11 Å². The van der Waals surface area contributed by atoms with Crippen LogP contribution < -0.4 is 10.1 Å². The standard InChI is InChI=1S/C13H18ClNO2/c1-4-5-13(16)15-8-10-7-11(14)12(17-3)6-9(10)2/h6-7H,4-5,8H2,1-3H3,(H,15,16). The van der Waals surface area contributed by atoms with Gasteiger partial charge in [-0.05, 0) is 36.6 Å². The van der Waals surface area contributed by atoms with E-state index in [9.17, 15) is 4.79 Å². The van der Waals surface area contributed by atoms with Crippen LogP contribution in [-0.2, 0) is 11.3 Å². The largest absolute Gasteiger partial charge is 0.495 e. The summed E-state index contributed by atoms with van der Waals surface area (Å²) in [6, 6.07) is 3.71. The fraction of sp³-hybridized carbons (Fsp3) is 0.462. The highest BCUT2D eigenvalue weighted by molar-refractivity contribution is 6.32. The number of methoxy groups -OCH3 is 1. The van der Waals surface area contributed by atoms with Crippen LogP contribution in [0.5, 0.6) is 5.75 Å². The minimum absolute atomic E-state index is 0.0684. The Morgan fingerprint density at radius 2 is 2.18 bits per heavy atom. The number of aryl methyl sites for hydroxylation is 1. The molecule has 0 atom stereocenters. The third-order valence-electron chi connectivity index (χ3n) is 2.56. The van der Waals surface area contributed by atoms with Crippen molar-refractivity contribution < 1.29 is 9.53 Å². The van der Waals surface area contributed by atoms with Crippen LogP contribution in [0.25, 0.3) is 0 Å². The number of carbonyl (C=O) groups is 1. The first-order chi connectivity index (χ1) is 8.08. The summed E-state index contributed by atoms with van der Waals surface area (Å²) in [5.41, 5.74) is 2.07. The monoisotopic (exact) mass is 255 g/mol. The Bertz CT molecular complexity index is 405. The number of nitrogens with one attached hydrogen (secondary N) is 1. The van der Waals surface area contributed by atoms with Crippen molar-refractivity contribution in [2.45, 2.75) is 33.2 Å². The lowest BCUT2D eigenvalue weighted by molar-refractivity contribution is -0.121. The van der Waals surface area contributed by atoms with Crippen LogP contribution in [0.3, 0.4) is 0 Å². The average Bonchev–Trinajstić information content (AvgIpc) is 2.30. The normalized spacial score (nSPS) is 10.1. The fourth-order valence-corrected chi connectivity index (χ4v) is 1.82. The van der Waals surface area contributed by atoms with Crippen LogP contribution in [-0.4, -0.2) is 13.0 Å². The number of carbonyl (C=O) groups excluding carboxylic acids is 1. The van der Waals surface area contributed by atoms with E-state index in [0.717, 1.165) is 17.5 Å². The number of hydrogen-bond donors (Lipinski definition) is 1. The zero-order valence-electron chi connectivity index (χ0n) is 10.5. The van der Waals surface area contributed by atoms with Gasteiger partial charge < -0.3 is 10.1 Å². The van der Waals surface area contributed by atoms with Crippen LogP contribution in [0.1, 0.15) is 30.9 Å². The van der Waals surface area contributed by atoms with Crippen molar-refractivity contribution in [2.24, 2.45) is 0 Å². The SMILES string of the molecule is CCCC(=O)NCc1cc(Cl)c(OC)cc1C. The highest BCUT2D eigenvalue weighted by atomic mass is 35.5. The van der Waals surface area contributed by atoms with Crippen LogP contribution in [0.4, 0.5) is 0 Å². The molecule has 4 heteroatoms. The first-order valence-corrected chi connectivity index (χ1v) is 6.06. The second kappa shape index (κ2) is 6.50. The Morgan fingerprint density at radius 3 is 2.76 bits per heavy atom. The molecule has 0 bridgehead atoms. The van der Waals surface area contributed by atoms with Gasteiger partial charge in [0.25, 0.3) is 0 Å². The number of rotatable bonds is 5. The molecular weight excluding hydrogens is 238 g/mol. The summed E-state index contributed by atoms with van der Waals surface area (Å²) in [6.07, 6.45) is 1.41. The van der Waals surface area contributed by atoms with Crippen molar-refractivity contribution in [3.05, 3.63) is 28.3 Å². The maximum Gasteiger partial charge on any atom is 0.220 e. The number of benzene rings is 1. The average molecular weight is 256 g/mol. The molecule has 94 valence electrons. The van der Waals surface area contributed by atoms with Gasteiger partial charge in [0, 0.05) is 13.0 Å². The Balaban J connectivity index is 2.72. The van der Waals surface area contributed by atoms with E-state index in [2.05, 4.69) is 5.32 Å². The first kappa shape index (κ1) is 13.8. The van der Waals surface area contributed by atoms with E-state index in [-0.39, 0.29) is 5.91 Å². The minimum atomic E-state index is 0.0684. The molecule has 0 unspecified atom stereocenters. The Hall–Kier alpha value is -1.22. The summed E-state index contributed by atoms with van der Waals surface area (Å²) in [7, 11) is 1.59. The van der Waals surface area contributed by atoms with Crippen LogP contribution in [0.2, 0.25) is 5.02 Å². The van der Waals surface area contributed by atoms with Crippen LogP contribution in [0, 0.1) is 6.92 Å². The lowest BCUT2D eigenvalue weighted by Crippen LogP contribution is -2.22. The molecule has 17 heavy (non-hydrogen) atoms. The molecule has 0 aliphatic rings. The van der Waals surface area contributed by atoms with E-state index in [0.29, 0.717) is 23.7 Å². The smallest absolute Gasteiger partial charge is 0.220 e. The molecule has 0 saturated carbocycles. The minimum Gasteiger partial charge on any atom is -0.495 e. The topological polar surface area (TPSA) is 38.3 Å². The van der Waals surface area contributed by atoms with E-state index >= 15 is 0 Å². The van der Waals surface area contributed by atoms with Gasteiger partial charge in [0.15, 0.2) is 0 Å². The van der Waals surface area contributed by atoms with E-state index in [1.165, 1.54) is 0 Å². The zero-order chi connectivity index (χ0) is 12.8. The quantitative estimate of drug-likeness (QED) is 0.878. The molecule has 1 aromatic rings. The predicted octanol–water partition coefficient (Wildman–Crippen LogP) is 3.07. The Morgan fingerprint density at radius 1 is 1.47 bits per heavy atom. The summed E-state index contributed by atoms with van der Waals surface area (Å²) < 4.78 is 5.13. The molecule has 1 aromatic carbocycles. The van der Waals surface area contributed by atoms with Gasteiger partial charge in [-0.15, -0.1) is 0 Å². The third-order valence-corrected chi connectivity index (χ3v) is 2.86. The molecule has 0 saturated heterocycles. The molecule has 0 aromatic heterocycles. The van der Waals surface area contributed by atoms with Crippen molar-refractivity contribution in [3.63, 3.8) is 0 Å². The van der Waals surface area contributed by atoms with Crippen molar-refractivity contribution in [1.82, 2.24) is 5.32 Å². The van der Waals surface area contributed by atoms with E-state index < -0.39 is 0 Å². The summed E-state index contributed by atoms with van der Waals surface area (Å²) in [6.45, 7) is 4.46. The highest BCUT2D eigenvalue weighted by Crippen LogP contribution is 2.27. The number of hydrogen-bond acceptors (Lipinski definition) is 2. The summed E-state index contributed by atoms with van der Waals surface area (Å²) in [5, 5.41) is 3.43. The molecule has 0 fully saturated rings. The summed E-state index contributed by atoms with van der Waals surface area (Å²) >= 11 is 6.04. The van der Waals surface area contributed by atoms with Gasteiger partial charge in [0.05, 0.1) is 12.1 Å². The Labute approximate surface area is 107 Å². The zero-order valence-corrected chi connectivity index (χ0v) is 11.2. The fourth-order valence-electron chi connectivity index (χ4n) is 1.55. The van der Waals surface area contributed by atoms with Gasteiger partial charge in [-0.25, -0.2) is 0 Å².